The average molecular weight is 272 g/mol. The van der Waals surface area contributed by atoms with Crippen molar-refractivity contribution in [3.63, 3.8) is 0 Å². The van der Waals surface area contributed by atoms with E-state index in [1.807, 2.05) is 38.1 Å². The van der Waals surface area contributed by atoms with Crippen LogP contribution < -0.4 is 4.74 Å². The number of benzene rings is 1. The number of nitrogens with zero attached hydrogens (tertiary/aromatic N) is 2. The van der Waals surface area contributed by atoms with Crippen molar-refractivity contribution in [1.82, 2.24) is 4.57 Å². The Bertz CT molecular complexity index is 667. The highest BCUT2D eigenvalue weighted by molar-refractivity contribution is 5.96. The van der Waals surface area contributed by atoms with Crippen molar-refractivity contribution in [3.05, 3.63) is 36.4 Å². The van der Waals surface area contributed by atoms with Gasteiger partial charge in [0, 0.05) is 12.1 Å². The summed E-state index contributed by atoms with van der Waals surface area (Å²) in [5, 5.41) is 19.5. The van der Waals surface area contributed by atoms with Gasteiger partial charge in [0.1, 0.15) is 17.0 Å². The highest BCUT2D eigenvalue weighted by Gasteiger charge is 2.32. The molecule has 5 nitrogen and oxygen atoms in total. The highest BCUT2D eigenvalue weighted by atomic mass is 16.5. The van der Waals surface area contributed by atoms with Crippen LogP contribution >= 0.6 is 0 Å². The molecular formula is C15H16N2O3. The quantitative estimate of drug-likeness (QED) is 0.883. The molecule has 0 unspecified atom stereocenters. The van der Waals surface area contributed by atoms with Gasteiger partial charge in [-0.15, -0.1) is 0 Å². The van der Waals surface area contributed by atoms with E-state index in [9.17, 15) is 10.2 Å². The molecule has 1 aromatic heterocycles. The van der Waals surface area contributed by atoms with E-state index in [4.69, 9.17) is 4.74 Å². The lowest BCUT2D eigenvalue weighted by Gasteiger charge is -2.32. The van der Waals surface area contributed by atoms with Gasteiger partial charge in [-0.3, -0.25) is 4.57 Å². The molecule has 0 atom stereocenters. The number of fused-ring (bicyclic) bond motifs is 1. The lowest BCUT2D eigenvalue weighted by molar-refractivity contribution is 0.175. The van der Waals surface area contributed by atoms with Crippen LogP contribution in [0.5, 0.6) is 17.5 Å². The SMILES string of the molecule is CC1(C)Oc2ccccc2N=C1Cn1c(O)ccc1O. The van der Waals surface area contributed by atoms with E-state index in [0.717, 1.165) is 17.1 Å². The number of rotatable bonds is 2. The Morgan fingerprint density at radius 2 is 1.75 bits per heavy atom. The fourth-order valence-electron chi connectivity index (χ4n) is 2.23. The molecule has 0 spiro atoms. The average Bonchev–Trinajstić information content (AvgIpc) is 2.70. The number of para-hydroxylation sites is 2. The van der Waals surface area contributed by atoms with Gasteiger partial charge in [0.15, 0.2) is 11.8 Å². The van der Waals surface area contributed by atoms with Crippen molar-refractivity contribution < 1.29 is 14.9 Å². The van der Waals surface area contributed by atoms with Crippen LogP contribution in [0, 0.1) is 0 Å². The summed E-state index contributed by atoms with van der Waals surface area (Å²) < 4.78 is 7.34. The molecule has 0 bridgehead atoms. The predicted molar refractivity (Wildman–Crippen MR) is 76.0 cm³/mol. The molecule has 5 heteroatoms. The Kier molecular flexibility index (Phi) is 2.71. The first kappa shape index (κ1) is 12.6. The molecule has 0 radical (unpaired) electrons. The number of aromatic nitrogens is 1. The Morgan fingerprint density at radius 3 is 2.45 bits per heavy atom. The normalized spacial score (nSPS) is 16.2. The van der Waals surface area contributed by atoms with Gasteiger partial charge in [-0.2, -0.15) is 0 Å². The second-order valence-corrected chi connectivity index (χ2v) is 5.27. The van der Waals surface area contributed by atoms with Gasteiger partial charge >= 0.3 is 0 Å². The van der Waals surface area contributed by atoms with Crippen LogP contribution in [0.15, 0.2) is 41.4 Å². The summed E-state index contributed by atoms with van der Waals surface area (Å²) in [7, 11) is 0. The molecule has 104 valence electrons. The summed E-state index contributed by atoms with van der Waals surface area (Å²) >= 11 is 0. The number of aromatic hydroxyl groups is 2. The van der Waals surface area contributed by atoms with E-state index in [-0.39, 0.29) is 18.3 Å². The van der Waals surface area contributed by atoms with Crippen molar-refractivity contribution >= 4 is 11.4 Å². The van der Waals surface area contributed by atoms with Crippen LogP contribution in [0.25, 0.3) is 0 Å². The smallest absolute Gasteiger partial charge is 0.194 e. The molecule has 1 aromatic carbocycles. The van der Waals surface area contributed by atoms with Gasteiger partial charge in [-0.05, 0) is 26.0 Å². The molecule has 3 rings (SSSR count). The fourth-order valence-corrected chi connectivity index (χ4v) is 2.23. The summed E-state index contributed by atoms with van der Waals surface area (Å²) in [6, 6.07) is 10.4. The lowest BCUT2D eigenvalue weighted by atomic mass is 10.00. The topological polar surface area (TPSA) is 67.0 Å². The van der Waals surface area contributed by atoms with Crippen molar-refractivity contribution in [2.45, 2.75) is 26.0 Å². The van der Waals surface area contributed by atoms with Gasteiger partial charge < -0.3 is 14.9 Å². The van der Waals surface area contributed by atoms with Crippen molar-refractivity contribution in [2.75, 3.05) is 0 Å². The van der Waals surface area contributed by atoms with Crippen LogP contribution in [-0.2, 0) is 6.54 Å². The third-order valence-corrected chi connectivity index (χ3v) is 3.42. The van der Waals surface area contributed by atoms with E-state index in [0.29, 0.717) is 0 Å². The van der Waals surface area contributed by atoms with E-state index >= 15 is 0 Å². The van der Waals surface area contributed by atoms with Crippen molar-refractivity contribution in [3.8, 4) is 17.5 Å². The zero-order chi connectivity index (χ0) is 14.3. The zero-order valence-electron chi connectivity index (χ0n) is 11.4. The summed E-state index contributed by atoms with van der Waals surface area (Å²) in [5.74, 6) is 0.738. The largest absolute Gasteiger partial charge is 0.494 e. The molecule has 0 saturated heterocycles. The Morgan fingerprint density at radius 1 is 1.10 bits per heavy atom. The van der Waals surface area contributed by atoms with Gasteiger partial charge in [-0.25, -0.2) is 4.99 Å². The fraction of sp³-hybridized carbons (Fsp3) is 0.267. The minimum atomic E-state index is -0.600. The molecule has 0 fully saturated rings. The van der Waals surface area contributed by atoms with Crippen molar-refractivity contribution in [1.29, 1.82) is 0 Å². The first-order chi connectivity index (χ1) is 9.47. The molecule has 1 aliphatic heterocycles. The zero-order valence-corrected chi connectivity index (χ0v) is 11.4. The Labute approximate surface area is 116 Å². The van der Waals surface area contributed by atoms with E-state index in [1.54, 1.807) is 0 Å². The summed E-state index contributed by atoms with van der Waals surface area (Å²) in [4.78, 5) is 4.60. The second kappa shape index (κ2) is 4.30. The van der Waals surface area contributed by atoms with Crippen LogP contribution in [0.2, 0.25) is 0 Å². The minimum absolute atomic E-state index is 0.000131. The maximum absolute atomic E-state index is 9.73. The molecule has 2 aromatic rings. The van der Waals surface area contributed by atoms with E-state index < -0.39 is 5.60 Å². The van der Waals surface area contributed by atoms with Crippen molar-refractivity contribution in [2.24, 2.45) is 4.99 Å². The highest BCUT2D eigenvalue weighted by Crippen LogP contribution is 2.36. The monoisotopic (exact) mass is 272 g/mol. The maximum Gasteiger partial charge on any atom is 0.194 e. The maximum atomic E-state index is 9.73. The second-order valence-electron chi connectivity index (χ2n) is 5.27. The van der Waals surface area contributed by atoms with Crippen LogP contribution in [0.3, 0.4) is 0 Å². The molecule has 20 heavy (non-hydrogen) atoms. The van der Waals surface area contributed by atoms with Gasteiger partial charge in [0.05, 0.1) is 12.3 Å². The Hall–Kier alpha value is -2.43. The minimum Gasteiger partial charge on any atom is -0.494 e. The molecule has 1 aliphatic rings. The third-order valence-electron chi connectivity index (χ3n) is 3.42. The number of hydrogen-bond acceptors (Lipinski definition) is 4. The van der Waals surface area contributed by atoms with Crippen LogP contribution in [-0.4, -0.2) is 26.1 Å². The molecule has 2 heterocycles. The summed E-state index contributed by atoms with van der Waals surface area (Å²) in [6.07, 6.45) is 0. The summed E-state index contributed by atoms with van der Waals surface area (Å²) in [6.45, 7) is 4.10. The van der Waals surface area contributed by atoms with Gasteiger partial charge in [0.2, 0.25) is 0 Å². The molecule has 2 N–H and O–H groups in total. The summed E-state index contributed by atoms with van der Waals surface area (Å²) in [5.41, 5.74) is 0.892. The molecule has 0 saturated carbocycles. The standard InChI is InChI=1S/C15H16N2O3/c1-15(2)12(9-17-13(18)7-8-14(17)19)16-10-5-3-4-6-11(10)20-15/h3-8,18-19H,9H2,1-2H3. The van der Waals surface area contributed by atoms with Crippen LogP contribution in [0.1, 0.15) is 13.8 Å². The number of hydrogen-bond donors (Lipinski definition) is 2. The van der Waals surface area contributed by atoms with E-state index in [2.05, 4.69) is 4.99 Å². The lowest BCUT2D eigenvalue weighted by Crippen LogP contribution is -2.42. The Balaban J connectivity index is 2.02. The van der Waals surface area contributed by atoms with Gasteiger partial charge in [0.25, 0.3) is 0 Å². The van der Waals surface area contributed by atoms with Crippen LogP contribution in [0.4, 0.5) is 5.69 Å². The first-order valence-electron chi connectivity index (χ1n) is 6.41. The molecular weight excluding hydrogens is 256 g/mol. The molecule has 0 amide bonds. The first-order valence-corrected chi connectivity index (χ1v) is 6.41. The predicted octanol–water partition coefficient (Wildman–Crippen LogP) is 2.84. The molecule has 0 aliphatic carbocycles. The number of ether oxygens (including phenoxy) is 1. The van der Waals surface area contributed by atoms with E-state index in [1.165, 1.54) is 16.7 Å². The van der Waals surface area contributed by atoms with Gasteiger partial charge in [-0.1, -0.05) is 12.1 Å². The third kappa shape index (κ3) is 2.01. The number of aliphatic imine (C=N–C) groups is 1.